The minimum atomic E-state index is -0.153. The van der Waals surface area contributed by atoms with Crippen LogP contribution in [0.5, 0.6) is 5.75 Å². The molecule has 0 radical (unpaired) electrons. The second kappa shape index (κ2) is 8.73. The number of hydrogen-bond acceptors (Lipinski definition) is 4. The van der Waals surface area contributed by atoms with E-state index in [1.807, 2.05) is 32.0 Å². The minimum absolute atomic E-state index is 0.0627. The molecule has 0 bridgehead atoms. The minimum Gasteiger partial charge on any atom is -0.497 e. The zero-order chi connectivity index (χ0) is 17.5. The molecule has 0 spiro atoms. The number of rotatable bonds is 9. The fourth-order valence-corrected chi connectivity index (χ4v) is 2.92. The van der Waals surface area contributed by atoms with Crippen LogP contribution < -0.4 is 15.8 Å². The molecule has 0 aliphatic rings. The average molecular weight is 332 g/mol. The summed E-state index contributed by atoms with van der Waals surface area (Å²) in [5.74, 6) is 1.66. The van der Waals surface area contributed by atoms with Gasteiger partial charge < -0.3 is 20.2 Å². The van der Waals surface area contributed by atoms with Crippen LogP contribution in [0.2, 0.25) is 0 Å². The van der Waals surface area contributed by atoms with E-state index in [0.717, 1.165) is 60.3 Å². The Labute approximate surface area is 143 Å². The molecule has 0 fully saturated rings. The number of amides is 1. The van der Waals surface area contributed by atoms with Crippen molar-refractivity contribution in [2.75, 3.05) is 13.7 Å². The van der Waals surface area contributed by atoms with Gasteiger partial charge in [-0.3, -0.25) is 4.79 Å². The van der Waals surface area contributed by atoms with Gasteiger partial charge in [-0.05, 0) is 51.4 Å². The molecule has 1 unspecified atom stereocenters. The van der Waals surface area contributed by atoms with Crippen molar-refractivity contribution in [1.29, 1.82) is 0 Å². The lowest BCUT2D eigenvalue weighted by Crippen LogP contribution is -2.26. The van der Waals surface area contributed by atoms with E-state index in [2.05, 4.69) is 5.32 Å². The second-order valence-electron chi connectivity index (χ2n) is 6.20. The Balaban J connectivity index is 1.96. The number of methoxy groups -OCH3 is 1. The SMILES string of the molecule is COc1ccc2oc(C(C)NC(=O)CCCCCCN)c(C)c2c1. The summed E-state index contributed by atoms with van der Waals surface area (Å²) in [4.78, 5) is 12.1. The van der Waals surface area contributed by atoms with Gasteiger partial charge in [0.05, 0.1) is 13.2 Å². The number of ether oxygens (including phenoxy) is 1. The average Bonchev–Trinajstić information content (AvgIpc) is 2.91. The molecular weight excluding hydrogens is 304 g/mol. The number of carbonyl (C=O) groups is 1. The molecule has 1 aromatic carbocycles. The summed E-state index contributed by atoms with van der Waals surface area (Å²) in [7, 11) is 1.65. The predicted octanol–water partition coefficient (Wildman–Crippen LogP) is 3.84. The van der Waals surface area contributed by atoms with E-state index in [-0.39, 0.29) is 11.9 Å². The van der Waals surface area contributed by atoms with Crippen molar-refractivity contribution < 1.29 is 13.9 Å². The summed E-state index contributed by atoms with van der Waals surface area (Å²) in [6.45, 7) is 4.68. The molecule has 5 heteroatoms. The van der Waals surface area contributed by atoms with Crippen LogP contribution in [0.3, 0.4) is 0 Å². The molecule has 1 heterocycles. The first kappa shape index (κ1) is 18.3. The number of carbonyl (C=O) groups excluding carboxylic acids is 1. The fraction of sp³-hybridized carbons (Fsp3) is 0.526. The van der Waals surface area contributed by atoms with Crippen LogP contribution >= 0.6 is 0 Å². The molecule has 0 aliphatic heterocycles. The maximum atomic E-state index is 12.1. The standard InChI is InChI=1S/C19H28N2O3/c1-13-16-12-15(23-3)9-10-17(16)24-19(13)14(2)21-18(22)8-6-4-5-7-11-20/h9-10,12,14H,4-8,11,20H2,1-3H3,(H,21,22). The molecule has 0 aliphatic carbocycles. The molecule has 0 saturated carbocycles. The smallest absolute Gasteiger partial charge is 0.220 e. The number of nitrogens with one attached hydrogen (secondary N) is 1. The zero-order valence-corrected chi connectivity index (χ0v) is 14.9. The normalized spacial score (nSPS) is 12.3. The Bertz CT molecular complexity index is 679. The Morgan fingerprint density at radius 2 is 2.04 bits per heavy atom. The van der Waals surface area contributed by atoms with Crippen LogP contribution in [0, 0.1) is 6.92 Å². The molecule has 3 N–H and O–H groups in total. The molecule has 132 valence electrons. The van der Waals surface area contributed by atoms with Crippen LogP contribution in [-0.2, 0) is 4.79 Å². The first-order chi connectivity index (χ1) is 11.6. The highest BCUT2D eigenvalue weighted by molar-refractivity contribution is 5.84. The van der Waals surface area contributed by atoms with Gasteiger partial charge in [0, 0.05) is 17.4 Å². The van der Waals surface area contributed by atoms with Gasteiger partial charge in [0.15, 0.2) is 0 Å². The molecular formula is C19H28N2O3. The van der Waals surface area contributed by atoms with E-state index in [1.165, 1.54) is 0 Å². The Kier molecular flexibility index (Phi) is 6.67. The van der Waals surface area contributed by atoms with E-state index in [9.17, 15) is 4.79 Å². The topological polar surface area (TPSA) is 77.5 Å². The lowest BCUT2D eigenvalue weighted by Gasteiger charge is -2.12. The summed E-state index contributed by atoms with van der Waals surface area (Å²) in [6, 6.07) is 5.58. The highest BCUT2D eigenvalue weighted by Gasteiger charge is 2.18. The van der Waals surface area contributed by atoms with Crippen molar-refractivity contribution >= 4 is 16.9 Å². The molecule has 1 aromatic heterocycles. The summed E-state index contributed by atoms with van der Waals surface area (Å²) in [5, 5.41) is 4.05. The van der Waals surface area contributed by atoms with Crippen molar-refractivity contribution in [1.82, 2.24) is 5.32 Å². The predicted molar refractivity (Wildman–Crippen MR) is 96.2 cm³/mol. The third kappa shape index (κ3) is 4.51. The van der Waals surface area contributed by atoms with Gasteiger partial charge in [0.25, 0.3) is 0 Å². The fourth-order valence-electron chi connectivity index (χ4n) is 2.92. The highest BCUT2D eigenvalue weighted by Crippen LogP contribution is 2.31. The number of unbranched alkanes of at least 4 members (excludes halogenated alkanes) is 3. The summed E-state index contributed by atoms with van der Waals surface area (Å²) >= 11 is 0. The second-order valence-corrected chi connectivity index (χ2v) is 6.20. The van der Waals surface area contributed by atoms with Crippen molar-refractivity contribution in [3.63, 3.8) is 0 Å². The van der Waals surface area contributed by atoms with Gasteiger partial charge in [-0.25, -0.2) is 0 Å². The maximum Gasteiger partial charge on any atom is 0.220 e. The van der Waals surface area contributed by atoms with Crippen LogP contribution in [0.1, 0.15) is 56.4 Å². The zero-order valence-electron chi connectivity index (χ0n) is 14.9. The lowest BCUT2D eigenvalue weighted by atomic mass is 10.1. The van der Waals surface area contributed by atoms with Crippen LogP contribution in [0.15, 0.2) is 22.6 Å². The Morgan fingerprint density at radius 3 is 2.75 bits per heavy atom. The van der Waals surface area contributed by atoms with Crippen molar-refractivity contribution in [3.8, 4) is 5.75 Å². The third-order valence-corrected chi connectivity index (χ3v) is 4.31. The first-order valence-corrected chi connectivity index (χ1v) is 8.63. The van der Waals surface area contributed by atoms with Gasteiger partial charge in [-0.2, -0.15) is 0 Å². The Hall–Kier alpha value is -2.01. The Morgan fingerprint density at radius 1 is 1.29 bits per heavy atom. The van der Waals surface area contributed by atoms with E-state index < -0.39 is 0 Å². The van der Waals surface area contributed by atoms with Crippen LogP contribution in [0.4, 0.5) is 0 Å². The van der Waals surface area contributed by atoms with E-state index in [0.29, 0.717) is 6.42 Å². The maximum absolute atomic E-state index is 12.1. The number of nitrogens with two attached hydrogens (primary N) is 1. The quantitative estimate of drug-likeness (QED) is 0.684. The number of aryl methyl sites for hydroxylation is 1. The summed E-state index contributed by atoms with van der Waals surface area (Å²) in [5.41, 5.74) is 7.32. The molecule has 1 atom stereocenters. The number of benzene rings is 1. The van der Waals surface area contributed by atoms with Gasteiger partial charge in [0.1, 0.15) is 17.1 Å². The highest BCUT2D eigenvalue weighted by atomic mass is 16.5. The monoisotopic (exact) mass is 332 g/mol. The molecule has 5 nitrogen and oxygen atoms in total. The number of hydrogen-bond donors (Lipinski definition) is 2. The van der Waals surface area contributed by atoms with Crippen molar-refractivity contribution in [2.24, 2.45) is 5.73 Å². The third-order valence-electron chi connectivity index (χ3n) is 4.31. The van der Waals surface area contributed by atoms with Crippen molar-refractivity contribution in [2.45, 2.75) is 52.0 Å². The lowest BCUT2D eigenvalue weighted by molar-refractivity contribution is -0.122. The summed E-state index contributed by atoms with van der Waals surface area (Å²) in [6.07, 6.45) is 4.60. The van der Waals surface area contributed by atoms with Gasteiger partial charge in [-0.1, -0.05) is 12.8 Å². The number of furan rings is 1. The summed E-state index contributed by atoms with van der Waals surface area (Å²) < 4.78 is 11.2. The van der Waals surface area contributed by atoms with Gasteiger partial charge in [0.2, 0.25) is 5.91 Å². The van der Waals surface area contributed by atoms with Gasteiger partial charge in [-0.15, -0.1) is 0 Å². The molecule has 2 rings (SSSR count). The van der Waals surface area contributed by atoms with Crippen molar-refractivity contribution in [3.05, 3.63) is 29.5 Å². The van der Waals surface area contributed by atoms with Crippen LogP contribution in [-0.4, -0.2) is 19.6 Å². The first-order valence-electron chi connectivity index (χ1n) is 8.63. The van der Waals surface area contributed by atoms with E-state index in [4.69, 9.17) is 14.9 Å². The van der Waals surface area contributed by atoms with Crippen LogP contribution in [0.25, 0.3) is 11.0 Å². The molecule has 1 amide bonds. The van der Waals surface area contributed by atoms with Gasteiger partial charge >= 0.3 is 0 Å². The molecule has 2 aromatic rings. The number of fused-ring (bicyclic) bond motifs is 1. The molecule has 24 heavy (non-hydrogen) atoms. The van der Waals surface area contributed by atoms with E-state index in [1.54, 1.807) is 7.11 Å². The van der Waals surface area contributed by atoms with E-state index >= 15 is 0 Å². The molecule has 0 saturated heterocycles. The largest absolute Gasteiger partial charge is 0.497 e.